The van der Waals surface area contributed by atoms with Crippen LogP contribution >= 0.6 is 0 Å². The van der Waals surface area contributed by atoms with Gasteiger partial charge in [-0.1, -0.05) is 23.4 Å². The molecule has 1 N–H and O–H groups in total. The van der Waals surface area contributed by atoms with Gasteiger partial charge in [0.25, 0.3) is 0 Å². The highest BCUT2D eigenvalue weighted by Crippen LogP contribution is 2.21. The minimum Gasteiger partial charge on any atom is -0.342 e. The molecule has 0 aliphatic rings. The van der Waals surface area contributed by atoms with Crippen molar-refractivity contribution >= 4 is 5.91 Å². The number of pyridine rings is 1. The summed E-state index contributed by atoms with van der Waals surface area (Å²) >= 11 is 0. The Hall–Kier alpha value is -3.88. The first kappa shape index (κ1) is 19.4. The van der Waals surface area contributed by atoms with E-state index in [9.17, 15) is 9.18 Å². The minimum atomic E-state index is -0.509. The van der Waals surface area contributed by atoms with Gasteiger partial charge in [-0.25, -0.2) is 9.37 Å². The van der Waals surface area contributed by atoms with Gasteiger partial charge in [0.1, 0.15) is 23.4 Å². The molecule has 0 spiro atoms. The normalized spacial score (nSPS) is 11.9. The third-order valence-electron chi connectivity index (χ3n) is 4.55. The maximum atomic E-state index is 13.3. The third kappa shape index (κ3) is 4.40. The Morgan fingerprint density at radius 2 is 2.00 bits per heavy atom. The van der Waals surface area contributed by atoms with E-state index in [4.69, 9.17) is 4.52 Å². The molecule has 0 saturated carbocycles. The maximum Gasteiger partial charge on any atom is 0.227 e. The lowest BCUT2D eigenvalue weighted by atomic mass is 10.1. The Morgan fingerprint density at radius 3 is 2.70 bits per heavy atom. The molecule has 1 amide bonds. The van der Waals surface area contributed by atoms with Crippen LogP contribution in [0.25, 0.3) is 11.5 Å². The van der Waals surface area contributed by atoms with Crippen molar-refractivity contribution in [2.75, 3.05) is 0 Å². The zero-order chi connectivity index (χ0) is 20.9. The fourth-order valence-electron chi connectivity index (χ4n) is 3.02. The van der Waals surface area contributed by atoms with Gasteiger partial charge in [-0.15, -0.1) is 0 Å². The molecule has 0 aliphatic heterocycles. The summed E-state index contributed by atoms with van der Waals surface area (Å²) in [7, 11) is 1.84. The molecular formula is C21H19FN6O2. The molecule has 0 aliphatic carbocycles. The Balaban J connectivity index is 1.44. The fraction of sp³-hybridized carbons (Fsp3) is 0.190. The molecule has 4 aromatic rings. The van der Waals surface area contributed by atoms with Gasteiger partial charge < -0.3 is 14.4 Å². The maximum absolute atomic E-state index is 13.3. The molecule has 0 radical (unpaired) electrons. The van der Waals surface area contributed by atoms with Crippen molar-refractivity contribution in [3.63, 3.8) is 0 Å². The number of hydrogen-bond acceptors (Lipinski definition) is 6. The molecular weight excluding hydrogens is 387 g/mol. The van der Waals surface area contributed by atoms with Crippen LogP contribution in [0, 0.1) is 5.82 Å². The van der Waals surface area contributed by atoms with Crippen LogP contribution < -0.4 is 5.32 Å². The second-order valence-corrected chi connectivity index (χ2v) is 6.68. The van der Waals surface area contributed by atoms with Crippen molar-refractivity contribution < 1.29 is 13.7 Å². The van der Waals surface area contributed by atoms with Crippen LogP contribution in [0.2, 0.25) is 0 Å². The van der Waals surface area contributed by atoms with E-state index in [1.165, 1.54) is 12.1 Å². The molecule has 30 heavy (non-hydrogen) atoms. The number of imidazole rings is 1. The zero-order valence-electron chi connectivity index (χ0n) is 16.2. The highest BCUT2D eigenvalue weighted by atomic mass is 19.1. The molecule has 1 atom stereocenters. The van der Waals surface area contributed by atoms with E-state index in [0.29, 0.717) is 23.2 Å². The van der Waals surface area contributed by atoms with Crippen molar-refractivity contribution in [3.05, 3.63) is 84.2 Å². The van der Waals surface area contributed by atoms with Crippen LogP contribution in [-0.2, 0) is 18.3 Å². The lowest BCUT2D eigenvalue weighted by Crippen LogP contribution is -2.31. The SMILES string of the molecule is Cn1ccnc1[C@H](NC(=O)CCc1nc(-c2ccccn2)no1)c1ccc(F)cc1. The Morgan fingerprint density at radius 1 is 1.17 bits per heavy atom. The topological polar surface area (TPSA) is 98.7 Å². The fourth-order valence-corrected chi connectivity index (χ4v) is 3.02. The molecule has 9 heteroatoms. The lowest BCUT2D eigenvalue weighted by molar-refractivity contribution is -0.121. The van der Waals surface area contributed by atoms with Crippen molar-refractivity contribution in [3.8, 4) is 11.5 Å². The minimum absolute atomic E-state index is 0.145. The van der Waals surface area contributed by atoms with Gasteiger partial charge in [0.15, 0.2) is 0 Å². The average molecular weight is 406 g/mol. The summed E-state index contributed by atoms with van der Waals surface area (Å²) in [5.74, 6) is 0.809. The lowest BCUT2D eigenvalue weighted by Gasteiger charge is -2.19. The van der Waals surface area contributed by atoms with E-state index in [1.54, 1.807) is 42.9 Å². The van der Waals surface area contributed by atoms with Gasteiger partial charge in [0, 0.05) is 38.5 Å². The van der Waals surface area contributed by atoms with Crippen LogP contribution in [0.5, 0.6) is 0 Å². The summed E-state index contributed by atoms with van der Waals surface area (Å²) in [6.45, 7) is 0. The van der Waals surface area contributed by atoms with Gasteiger partial charge in [0.05, 0.1) is 0 Å². The molecule has 8 nitrogen and oxygen atoms in total. The summed E-state index contributed by atoms with van der Waals surface area (Å²) in [6.07, 6.45) is 5.51. The molecule has 3 heterocycles. The van der Waals surface area contributed by atoms with Crippen LogP contribution in [0.1, 0.15) is 29.7 Å². The highest BCUT2D eigenvalue weighted by Gasteiger charge is 2.21. The van der Waals surface area contributed by atoms with E-state index in [2.05, 4.69) is 25.4 Å². The van der Waals surface area contributed by atoms with Crippen LogP contribution in [-0.4, -0.2) is 30.6 Å². The van der Waals surface area contributed by atoms with E-state index in [0.717, 1.165) is 5.56 Å². The van der Waals surface area contributed by atoms with Gasteiger partial charge in [-0.2, -0.15) is 4.98 Å². The summed E-state index contributed by atoms with van der Waals surface area (Å²) in [5, 5.41) is 6.86. The van der Waals surface area contributed by atoms with E-state index < -0.39 is 6.04 Å². The number of halogens is 1. The predicted molar refractivity (Wildman–Crippen MR) is 105 cm³/mol. The number of benzene rings is 1. The summed E-state index contributed by atoms with van der Waals surface area (Å²) < 4.78 is 20.4. The molecule has 0 bridgehead atoms. The van der Waals surface area contributed by atoms with E-state index in [-0.39, 0.29) is 24.6 Å². The molecule has 4 rings (SSSR count). The van der Waals surface area contributed by atoms with Crippen molar-refractivity contribution in [1.82, 2.24) is 30.0 Å². The first-order valence-electron chi connectivity index (χ1n) is 9.36. The smallest absolute Gasteiger partial charge is 0.227 e. The molecule has 0 fully saturated rings. The van der Waals surface area contributed by atoms with Gasteiger partial charge in [0.2, 0.25) is 17.6 Å². The summed E-state index contributed by atoms with van der Waals surface area (Å²) in [6, 6.07) is 10.9. The number of nitrogens with one attached hydrogen (secondary N) is 1. The number of rotatable bonds is 7. The standard InChI is InChI=1S/C21H19FN6O2/c1-28-13-12-24-21(28)19(14-5-7-15(22)8-6-14)25-17(29)9-10-18-26-20(27-30-18)16-4-2-3-11-23-16/h2-8,11-13,19H,9-10H2,1H3,(H,25,29)/t19-/m1/s1. The number of aromatic nitrogens is 5. The van der Waals surface area contributed by atoms with Crippen molar-refractivity contribution in [2.24, 2.45) is 7.05 Å². The molecule has 1 aromatic carbocycles. The second kappa shape index (κ2) is 8.64. The third-order valence-corrected chi connectivity index (χ3v) is 4.55. The zero-order valence-corrected chi connectivity index (χ0v) is 16.2. The van der Waals surface area contributed by atoms with Crippen LogP contribution in [0.4, 0.5) is 4.39 Å². The Labute approximate surface area is 171 Å². The number of carbonyl (C=O) groups is 1. The molecule has 3 aromatic heterocycles. The number of aryl methyl sites for hydroxylation is 2. The van der Waals surface area contributed by atoms with E-state index >= 15 is 0 Å². The van der Waals surface area contributed by atoms with Crippen molar-refractivity contribution in [1.29, 1.82) is 0 Å². The average Bonchev–Trinajstić information content (AvgIpc) is 3.41. The van der Waals surface area contributed by atoms with E-state index in [1.807, 2.05) is 17.7 Å². The van der Waals surface area contributed by atoms with Gasteiger partial charge in [-0.05, 0) is 29.8 Å². The largest absolute Gasteiger partial charge is 0.342 e. The molecule has 0 saturated heterocycles. The van der Waals surface area contributed by atoms with Gasteiger partial charge in [-0.3, -0.25) is 9.78 Å². The number of carbonyl (C=O) groups excluding carboxylic acids is 1. The molecule has 0 unspecified atom stereocenters. The Bertz CT molecular complexity index is 1120. The molecule has 152 valence electrons. The van der Waals surface area contributed by atoms with Crippen molar-refractivity contribution in [2.45, 2.75) is 18.9 Å². The number of nitrogens with zero attached hydrogens (tertiary/aromatic N) is 5. The van der Waals surface area contributed by atoms with Crippen LogP contribution in [0.3, 0.4) is 0 Å². The monoisotopic (exact) mass is 406 g/mol. The van der Waals surface area contributed by atoms with Crippen LogP contribution in [0.15, 0.2) is 65.6 Å². The summed E-state index contributed by atoms with van der Waals surface area (Å²) in [5.41, 5.74) is 1.33. The first-order valence-corrected chi connectivity index (χ1v) is 9.36. The number of hydrogen-bond donors (Lipinski definition) is 1. The Kier molecular flexibility index (Phi) is 5.60. The highest BCUT2D eigenvalue weighted by molar-refractivity contribution is 5.77. The number of amides is 1. The first-order chi connectivity index (χ1) is 14.6. The van der Waals surface area contributed by atoms with Gasteiger partial charge >= 0.3 is 0 Å². The predicted octanol–water partition coefficient (Wildman–Crippen LogP) is 2.84. The summed E-state index contributed by atoms with van der Waals surface area (Å²) in [4.78, 5) is 25.4. The second-order valence-electron chi connectivity index (χ2n) is 6.68. The quantitative estimate of drug-likeness (QED) is 0.507.